The molecule has 4 heteroatoms. The molecule has 0 rings (SSSR count). The molecule has 72 valence electrons. The lowest BCUT2D eigenvalue weighted by molar-refractivity contribution is -0.120. The van der Waals surface area contributed by atoms with Crippen LogP contribution in [-0.4, -0.2) is 28.3 Å². The number of thioether (sulfide) groups is 1. The Morgan fingerprint density at radius 3 is 2.50 bits per heavy atom. The molecule has 2 nitrogen and oxygen atoms in total. The van der Waals surface area contributed by atoms with Gasteiger partial charge < -0.3 is 5.32 Å². The number of hydrogen-bond donors (Lipinski definition) is 1. The lowest BCUT2D eigenvalue weighted by Gasteiger charge is -2.07. The van der Waals surface area contributed by atoms with Crippen LogP contribution >= 0.6 is 27.7 Å². The zero-order valence-electron chi connectivity index (χ0n) is 7.76. The van der Waals surface area contributed by atoms with Crippen molar-refractivity contribution in [2.75, 3.05) is 12.3 Å². The number of hydrogen-bond acceptors (Lipinski definition) is 2. The van der Waals surface area contributed by atoms with E-state index in [0.29, 0.717) is 5.25 Å². The second kappa shape index (κ2) is 6.78. The molecule has 1 unspecified atom stereocenters. The summed E-state index contributed by atoms with van der Waals surface area (Å²) in [5.74, 6) is 1.06. The largest absolute Gasteiger partial charge is 0.354 e. The van der Waals surface area contributed by atoms with Crippen molar-refractivity contribution in [1.29, 1.82) is 0 Å². The molecule has 0 bridgehead atoms. The van der Waals surface area contributed by atoms with Crippen LogP contribution in [0.25, 0.3) is 0 Å². The Kier molecular flexibility index (Phi) is 6.95. The van der Waals surface area contributed by atoms with Crippen molar-refractivity contribution in [3.63, 3.8) is 0 Å². The van der Waals surface area contributed by atoms with Gasteiger partial charge in [-0.3, -0.25) is 4.79 Å². The van der Waals surface area contributed by atoms with E-state index in [9.17, 15) is 4.79 Å². The van der Waals surface area contributed by atoms with Crippen molar-refractivity contribution in [2.45, 2.75) is 30.8 Å². The Balaban J connectivity index is 3.26. The first kappa shape index (κ1) is 12.3. The number of halogens is 1. The number of nitrogens with one attached hydrogen (secondary N) is 1. The minimum absolute atomic E-state index is 0.0688. The van der Waals surface area contributed by atoms with Gasteiger partial charge in [0.2, 0.25) is 5.91 Å². The van der Waals surface area contributed by atoms with Gasteiger partial charge in [0, 0.05) is 12.3 Å². The molecule has 0 saturated heterocycles. The molecule has 0 aromatic rings. The standard InChI is InChI=1S/C8H16BrNOS/c1-6(2)12-5-4-10-8(11)7(3)9/h6-7H,4-5H2,1-3H3,(H,10,11). The Morgan fingerprint density at radius 1 is 1.50 bits per heavy atom. The highest BCUT2D eigenvalue weighted by Gasteiger charge is 2.06. The Morgan fingerprint density at radius 2 is 2.08 bits per heavy atom. The van der Waals surface area contributed by atoms with Crippen molar-refractivity contribution in [3.05, 3.63) is 0 Å². The van der Waals surface area contributed by atoms with E-state index in [1.54, 1.807) is 0 Å². The summed E-state index contributed by atoms with van der Waals surface area (Å²) in [5, 5.41) is 3.47. The van der Waals surface area contributed by atoms with E-state index in [1.807, 2.05) is 18.7 Å². The van der Waals surface area contributed by atoms with E-state index in [2.05, 4.69) is 35.1 Å². The maximum atomic E-state index is 11.0. The van der Waals surface area contributed by atoms with Gasteiger partial charge in [0.1, 0.15) is 0 Å². The average molecular weight is 254 g/mol. The highest BCUT2D eigenvalue weighted by atomic mass is 79.9. The fourth-order valence-electron chi connectivity index (χ4n) is 0.609. The molecule has 0 aromatic carbocycles. The Bertz CT molecular complexity index is 139. The van der Waals surface area contributed by atoms with E-state index in [4.69, 9.17) is 0 Å². The molecule has 0 heterocycles. The van der Waals surface area contributed by atoms with Crippen molar-refractivity contribution >= 4 is 33.6 Å². The molecule has 0 spiro atoms. The fourth-order valence-corrected chi connectivity index (χ4v) is 1.46. The van der Waals surface area contributed by atoms with Gasteiger partial charge in [-0.05, 0) is 12.2 Å². The maximum absolute atomic E-state index is 11.0. The third kappa shape index (κ3) is 6.98. The summed E-state index contributed by atoms with van der Waals surface area (Å²) in [6, 6.07) is 0. The van der Waals surface area contributed by atoms with Crippen LogP contribution in [0.1, 0.15) is 20.8 Å². The lowest BCUT2D eigenvalue weighted by atomic mass is 10.4. The third-order valence-electron chi connectivity index (χ3n) is 1.21. The molecule has 0 saturated carbocycles. The summed E-state index contributed by atoms with van der Waals surface area (Å²) >= 11 is 5.06. The SMILES string of the molecule is CC(C)SCCNC(=O)C(C)Br. The number of alkyl halides is 1. The van der Waals surface area contributed by atoms with Crippen LogP contribution in [0.3, 0.4) is 0 Å². The van der Waals surface area contributed by atoms with Gasteiger partial charge in [0.15, 0.2) is 0 Å². The predicted molar refractivity (Wildman–Crippen MR) is 59.0 cm³/mol. The van der Waals surface area contributed by atoms with Gasteiger partial charge in [-0.25, -0.2) is 0 Å². The zero-order chi connectivity index (χ0) is 9.56. The van der Waals surface area contributed by atoms with Crippen LogP contribution in [-0.2, 0) is 4.79 Å². The first-order valence-electron chi connectivity index (χ1n) is 4.07. The summed E-state index contributed by atoms with van der Waals surface area (Å²) in [6.45, 7) is 6.89. The first-order valence-corrected chi connectivity index (χ1v) is 6.04. The number of carbonyl (C=O) groups is 1. The van der Waals surface area contributed by atoms with Crippen LogP contribution < -0.4 is 5.32 Å². The molecular weight excluding hydrogens is 238 g/mol. The van der Waals surface area contributed by atoms with Gasteiger partial charge in [0.05, 0.1) is 4.83 Å². The van der Waals surface area contributed by atoms with Crippen molar-refractivity contribution in [2.24, 2.45) is 0 Å². The average Bonchev–Trinajstić information content (AvgIpc) is 1.97. The van der Waals surface area contributed by atoms with E-state index >= 15 is 0 Å². The molecule has 1 N–H and O–H groups in total. The normalized spacial score (nSPS) is 13.1. The van der Waals surface area contributed by atoms with Crippen molar-refractivity contribution in [1.82, 2.24) is 5.32 Å². The molecule has 12 heavy (non-hydrogen) atoms. The summed E-state index contributed by atoms with van der Waals surface area (Å²) in [7, 11) is 0. The number of rotatable bonds is 5. The van der Waals surface area contributed by atoms with E-state index < -0.39 is 0 Å². The number of carbonyl (C=O) groups excluding carboxylic acids is 1. The van der Waals surface area contributed by atoms with Crippen LogP contribution in [0.5, 0.6) is 0 Å². The summed E-state index contributed by atoms with van der Waals surface area (Å²) in [6.07, 6.45) is 0. The van der Waals surface area contributed by atoms with Crippen LogP contribution in [0, 0.1) is 0 Å². The molecule has 1 amide bonds. The van der Waals surface area contributed by atoms with Crippen LogP contribution in [0.2, 0.25) is 0 Å². The molecule has 0 aliphatic heterocycles. The monoisotopic (exact) mass is 253 g/mol. The molecule has 0 aliphatic rings. The maximum Gasteiger partial charge on any atom is 0.233 e. The van der Waals surface area contributed by atoms with E-state index in [-0.39, 0.29) is 10.7 Å². The lowest BCUT2D eigenvalue weighted by Crippen LogP contribution is -2.31. The summed E-state index contributed by atoms with van der Waals surface area (Å²) in [5.41, 5.74) is 0. The molecular formula is C8H16BrNOS. The highest BCUT2D eigenvalue weighted by molar-refractivity contribution is 9.10. The second-order valence-corrected chi connectivity index (χ2v) is 5.88. The number of amides is 1. The van der Waals surface area contributed by atoms with E-state index in [1.165, 1.54) is 0 Å². The minimum atomic E-state index is -0.0819. The van der Waals surface area contributed by atoms with Crippen LogP contribution in [0.15, 0.2) is 0 Å². The predicted octanol–water partition coefficient (Wildman–Crippen LogP) is 2.03. The second-order valence-electron chi connectivity index (χ2n) is 2.83. The van der Waals surface area contributed by atoms with Gasteiger partial charge >= 0.3 is 0 Å². The molecule has 0 fully saturated rings. The quantitative estimate of drug-likeness (QED) is 0.600. The van der Waals surface area contributed by atoms with Gasteiger partial charge in [-0.1, -0.05) is 29.8 Å². The van der Waals surface area contributed by atoms with Crippen LogP contribution in [0.4, 0.5) is 0 Å². The van der Waals surface area contributed by atoms with E-state index in [0.717, 1.165) is 12.3 Å². The Labute approximate surface area is 87.0 Å². The molecule has 0 aliphatic carbocycles. The summed E-state index contributed by atoms with van der Waals surface area (Å²) in [4.78, 5) is 10.9. The van der Waals surface area contributed by atoms with Gasteiger partial charge in [0.25, 0.3) is 0 Å². The first-order chi connectivity index (χ1) is 5.54. The molecule has 0 aromatic heterocycles. The smallest absolute Gasteiger partial charge is 0.233 e. The molecule has 1 atom stereocenters. The molecule has 0 radical (unpaired) electrons. The minimum Gasteiger partial charge on any atom is -0.354 e. The van der Waals surface area contributed by atoms with Crippen molar-refractivity contribution in [3.8, 4) is 0 Å². The van der Waals surface area contributed by atoms with Gasteiger partial charge in [-0.2, -0.15) is 11.8 Å². The fraction of sp³-hybridized carbons (Fsp3) is 0.875. The summed E-state index contributed by atoms with van der Waals surface area (Å²) < 4.78 is 0. The third-order valence-corrected chi connectivity index (χ3v) is 2.74. The van der Waals surface area contributed by atoms with Crippen molar-refractivity contribution < 1.29 is 4.79 Å². The van der Waals surface area contributed by atoms with Gasteiger partial charge in [-0.15, -0.1) is 0 Å². The topological polar surface area (TPSA) is 29.1 Å². The zero-order valence-corrected chi connectivity index (χ0v) is 10.2. The Hall–Kier alpha value is 0.300. The highest BCUT2D eigenvalue weighted by Crippen LogP contribution is 2.07.